The monoisotopic (exact) mass is 286 g/mol. The maximum Gasteiger partial charge on any atom is 0.244 e. The molecule has 2 heterocycles. The lowest BCUT2D eigenvalue weighted by molar-refractivity contribution is 0.372. The van der Waals surface area contributed by atoms with Crippen molar-refractivity contribution in [3.63, 3.8) is 0 Å². The summed E-state index contributed by atoms with van der Waals surface area (Å²) in [6.07, 6.45) is 0. The van der Waals surface area contributed by atoms with E-state index in [1.54, 1.807) is 13.8 Å². The molecular weight excluding hydrogens is 272 g/mol. The third-order valence-electron chi connectivity index (χ3n) is 2.41. The largest absolute Gasteiger partial charge is 0.338 e. The minimum Gasteiger partial charge on any atom is -0.338 e. The second-order valence-electron chi connectivity index (χ2n) is 3.89. The smallest absolute Gasteiger partial charge is 0.244 e. The fourth-order valence-corrected chi connectivity index (χ4v) is 2.95. The van der Waals surface area contributed by atoms with Crippen molar-refractivity contribution in [3.05, 3.63) is 23.1 Å². The molecule has 0 saturated heterocycles. The quantitative estimate of drug-likeness (QED) is 0.663. The van der Waals surface area contributed by atoms with Crippen LogP contribution in [0.2, 0.25) is 0 Å². The summed E-state index contributed by atoms with van der Waals surface area (Å²) < 4.78 is 31.5. The molecule has 9 nitrogen and oxygen atoms in total. The van der Waals surface area contributed by atoms with Crippen LogP contribution in [0.1, 0.15) is 23.1 Å². The number of nitrogens with two attached hydrogens (primary N) is 1. The van der Waals surface area contributed by atoms with Gasteiger partial charge in [0.05, 0.1) is 17.9 Å². The van der Waals surface area contributed by atoms with Crippen molar-refractivity contribution in [2.24, 2.45) is 5.73 Å². The molecule has 0 aliphatic carbocycles. The third-order valence-corrected chi connectivity index (χ3v) is 4.01. The van der Waals surface area contributed by atoms with Crippen molar-refractivity contribution in [1.82, 2.24) is 25.1 Å². The first-order valence-electron chi connectivity index (χ1n) is 5.47. The molecule has 104 valence electrons. The van der Waals surface area contributed by atoms with Crippen molar-refractivity contribution in [2.75, 3.05) is 0 Å². The predicted octanol–water partition coefficient (Wildman–Crippen LogP) is -0.653. The standard InChI is InChI=1S/C9H14N6O3S/c1-5-9(7(3-10)14-13-5)19(16,17)11-4-8-12-6(2)15-18-8/h11H,3-4,10H2,1-2H3,(H,13,14). The summed E-state index contributed by atoms with van der Waals surface area (Å²) in [5.74, 6) is 0.632. The summed E-state index contributed by atoms with van der Waals surface area (Å²) in [5, 5.41) is 10.0. The fraction of sp³-hybridized carbons (Fsp3) is 0.444. The molecule has 0 spiro atoms. The lowest BCUT2D eigenvalue weighted by Gasteiger charge is -2.05. The summed E-state index contributed by atoms with van der Waals surface area (Å²) in [7, 11) is -3.73. The van der Waals surface area contributed by atoms with Crippen LogP contribution in [0.25, 0.3) is 0 Å². The van der Waals surface area contributed by atoms with Crippen LogP contribution in [-0.4, -0.2) is 28.8 Å². The van der Waals surface area contributed by atoms with Crippen LogP contribution in [0.5, 0.6) is 0 Å². The second kappa shape index (κ2) is 5.07. The highest BCUT2D eigenvalue weighted by Crippen LogP contribution is 2.17. The summed E-state index contributed by atoms with van der Waals surface area (Å²) in [6.45, 7) is 3.20. The highest BCUT2D eigenvalue weighted by Gasteiger charge is 2.24. The van der Waals surface area contributed by atoms with E-state index in [1.165, 1.54) is 0 Å². The molecule has 0 aliphatic rings. The van der Waals surface area contributed by atoms with Gasteiger partial charge >= 0.3 is 0 Å². The van der Waals surface area contributed by atoms with Gasteiger partial charge in [0.25, 0.3) is 0 Å². The number of aryl methyl sites for hydroxylation is 2. The van der Waals surface area contributed by atoms with E-state index in [1.807, 2.05) is 0 Å². The first-order valence-corrected chi connectivity index (χ1v) is 6.95. The van der Waals surface area contributed by atoms with Gasteiger partial charge in [-0.05, 0) is 13.8 Å². The van der Waals surface area contributed by atoms with E-state index in [0.29, 0.717) is 11.5 Å². The van der Waals surface area contributed by atoms with E-state index in [4.69, 9.17) is 10.3 Å². The Morgan fingerprint density at radius 3 is 2.74 bits per heavy atom. The number of hydrogen-bond acceptors (Lipinski definition) is 7. The second-order valence-corrected chi connectivity index (χ2v) is 5.59. The van der Waals surface area contributed by atoms with E-state index in [9.17, 15) is 8.42 Å². The molecule has 0 saturated carbocycles. The molecule has 0 aliphatic heterocycles. The number of sulfonamides is 1. The van der Waals surface area contributed by atoms with E-state index in [-0.39, 0.29) is 29.6 Å². The minimum absolute atomic E-state index is 0.0280. The zero-order chi connectivity index (χ0) is 14.0. The number of aromatic nitrogens is 4. The molecule has 0 amide bonds. The fourth-order valence-electron chi connectivity index (χ4n) is 1.61. The highest BCUT2D eigenvalue weighted by atomic mass is 32.2. The van der Waals surface area contributed by atoms with Gasteiger partial charge in [-0.25, -0.2) is 13.1 Å². The number of nitrogens with one attached hydrogen (secondary N) is 2. The van der Waals surface area contributed by atoms with Crippen LogP contribution in [-0.2, 0) is 23.1 Å². The highest BCUT2D eigenvalue weighted by molar-refractivity contribution is 7.89. The molecule has 0 bridgehead atoms. The third kappa shape index (κ3) is 2.80. The van der Waals surface area contributed by atoms with Crippen LogP contribution in [0.3, 0.4) is 0 Å². The summed E-state index contributed by atoms with van der Waals surface area (Å²) in [4.78, 5) is 3.97. The Kier molecular flexibility index (Phi) is 3.64. The maximum absolute atomic E-state index is 12.2. The van der Waals surface area contributed by atoms with E-state index in [2.05, 4.69) is 25.1 Å². The number of rotatable bonds is 5. The van der Waals surface area contributed by atoms with Crippen molar-refractivity contribution in [3.8, 4) is 0 Å². The Bertz CT molecular complexity index is 674. The first kappa shape index (κ1) is 13.6. The molecule has 10 heteroatoms. The lowest BCUT2D eigenvalue weighted by Crippen LogP contribution is -2.25. The zero-order valence-electron chi connectivity index (χ0n) is 10.5. The molecular formula is C9H14N6O3S. The van der Waals surface area contributed by atoms with E-state index < -0.39 is 10.0 Å². The number of H-pyrrole nitrogens is 1. The zero-order valence-corrected chi connectivity index (χ0v) is 11.3. The Balaban J connectivity index is 2.20. The van der Waals surface area contributed by atoms with Crippen molar-refractivity contribution in [1.29, 1.82) is 0 Å². The molecule has 0 atom stereocenters. The van der Waals surface area contributed by atoms with Crippen LogP contribution in [0.15, 0.2) is 9.42 Å². The minimum atomic E-state index is -3.73. The Labute approximate surface area is 109 Å². The van der Waals surface area contributed by atoms with E-state index >= 15 is 0 Å². The number of nitrogens with zero attached hydrogens (tertiary/aromatic N) is 3. The van der Waals surface area contributed by atoms with E-state index in [0.717, 1.165) is 0 Å². The van der Waals surface area contributed by atoms with Crippen LogP contribution in [0, 0.1) is 13.8 Å². The maximum atomic E-state index is 12.2. The van der Waals surface area contributed by atoms with Gasteiger partial charge < -0.3 is 10.3 Å². The van der Waals surface area contributed by atoms with Gasteiger partial charge in [0.1, 0.15) is 4.90 Å². The van der Waals surface area contributed by atoms with Gasteiger partial charge in [0, 0.05) is 6.54 Å². The van der Waals surface area contributed by atoms with Crippen molar-refractivity contribution >= 4 is 10.0 Å². The van der Waals surface area contributed by atoms with Crippen molar-refractivity contribution in [2.45, 2.75) is 31.8 Å². The molecule has 0 fully saturated rings. The topological polar surface area (TPSA) is 140 Å². The molecule has 2 aromatic rings. The molecule has 2 rings (SSSR count). The normalized spacial score (nSPS) is 11.9. The Hall–Kier alpha value is -1.78. The van der Waals surface area contributed by atoms with Gasteiger partial charge in [-0.3, -0.25) is 5.10 Å². The molecule has 0 aromatic carbocycles. The average molecular weight is 286 g/mol. The SMILES string of the molecule is Cc1noc(CNS(=O)(=O)c2c(CN)n[nH]c2C)n1. The van der Waals surface area contributed by atoms with Gasteiger partial charge in [-0.15, -0.1) is 0 Å². The van der Waals surface area contributed by atoms with Gasteiger partial charge in [0.15, 0.2) is 5.82 Å². The molecule has 4 N–H and O–H groups in total. The van der Waals surface area contributed by atoms with Crippen LogP contribution < -0.4 is 10.5 Å². The summed E-state index contributed by atoms with van der Waals surface area (Å²) in [5.41, 5.74) is 6.17. The lowest BCUT2D eigenvalue weighted by atomic mass is 10.4. The van der Waals surface area contributed by atoms with Gasteiger partial charge in [0.2, 0.25) is 15.9 Å². The van der Waals surface area contributed by atoms with Crippen LogP contribution in [0.4, 0.5) is 0 Å². The molecule has 0 radical (unpaired) electrons. The first-order chi connectivity index (χ1) is 8.94. The average Bonchev–Trinajstić information content (AvgIpc) is 2.93. The summed E-state index contributed by atoms with van der Waals surface area (Å²) >= 11 is 0. The van der Waals surface area contributed by atoms with Crippen molar-refractivity contribution < 1.29 is 12.9 Å². The Morgan fingerprint density at radius 1 is 1.42 bits per heavy atom. The van der Waals surface area contributed by atoms with Crippen LogP contribution >= 0.6 is 0 Å². The number of aromatic amines is 1. The van der Waals surface area contributed by atoms with Gasteiger partial charge in [-0.2, -0.15) is 10.1 Å². The molecule has 19 heavy (non-hydrogen) atoms. The van der Waals surface area contributed by atoms with Gasteiger partial charge in [-0.1, -0.05) is 5.16 Å². The predicted molar refractivity (Wildman–Crippen MR) is 64.3 cm³/mol. The summed E-state index contributed by atoms with van der Waals surface area (Å²) in [6, 6.07) is 0. The molecule has 0 unspecified atom stereocenters. The number of hydrogen-bond donors (Lipinski definition) is 3. The Morgan fingerprint density at radius 2 is 2.16 bits per heavy atom. The molecule has 2 aromatic heterocycles.